The average Bonchev–Trinajstić information content (AvgIpc) is 3.61. The lowest BCUT2D eigenvalue weighted by Crippen LogP contribution is -2.53. The van der Waals surface area contributed by atoms with Gasteiger partial charge in [-0.2, -0.15) is 0 Å². The van der Waals surface area contributed by atoms with E-state index < -0.39 is 28.6 Å². The Bertz CT molecular complexity index is 1980. The van der Waals surface area contributed by atoms with E-state index in [1.54, 1.807) is 30.3 Å². The second-order valence-corrected chi connectivity index (χ2v) is 12.0. The Kier molecular flexibility index (Phi) is 6.00. The molecule has 2 aromatic heterocycles. The number of carbonyl (C=O) groups is 2. The number of fused-ring (bicyclic) bond motifs is 5. The number of carbonyl (C=O) groups excluding carboxylic acids is 2. The summed E-state index contributed by atoms with van der Waals surface area (Å²) in [5, 5.41) is 9.26. The summed E-state index contributed by atoms with van der Waals surface area (Å²) in [6.45, 7) is 2.10. The summed E-state index contributed by atoms with van der Waals surface area (Å²) >= 11 is 8.81. The van der Waals surface area contributed by atoms with Gasteiger partial charge in [0.05, 0.1) is 16.6 Å². The summed E-state index contributed by atoms with van der Waals surface area (Å²) in [5.41, 5.74) is -0.775. The van der Waals surface area contributed by atoms with Gasteiger partial charge in [-0.3, -0.25) is 19.3 Å². The minimum atomic E-state index is -1.90. The second kappa shape index (κ2) is 9.51. The van der Waals surface area contributed by atoms with Gasteiger partial charge in [-0.25, -0.2) is 4.39 Å². The smallest absolute Gasteiger partial charge is 0.297 e. The minimum Gasteiger partial charge on any atom is -0.450 e. The number of anilines is 2. The molecule has 8 nitrogen and oxygen atoms in total. The van der Waals surface area contributed by atoms with Crippen LogP contribution in [0.4, 0.5) is 15.2 Å². The van der Waals surface area contributed by atoms with Gasteiger partial charge in [-0.15, -0.1) is 10.2 Å². The Morgan fingerprint density at radius 1 is 1.05 bits per heavy atom. The van der Waals surface area contributed by atoms with Gasteiger partial charge in [0.15, 0.2) is 15.3 Å². The number of likely N-dealkylation sites (N-methyl/N-ethyl adjacent to an activating group) is 1. The topological polar surface area (TPSA) is 96.6 Å². The largest absolute Gasteiger partial charge is 0.450 e. The highest BCUT2D eigenvalue weighted by molar-refractivity contribution is 8.00. The van der Waals surface area contributed by atoms with Crippen molar-refractivity contribution >= 4 is 68.3 Å². The van der Waals surface area contributed by atoms with E-state index in [0.717, 1.165) is 29.0 Å². The molecule has 0 radical (unpaired) electrons. The molecule has 4 heterocycles. The molecule has 5 aromatic rings. The predicted octanol–water partition coefficient (Wildman–Crippen LogP) is 6.00. The van der Waals surface area contributed by atoms with Gasteiger partial charge < -0.3 is 9.32 Å². The first-order valence-corrected chi connectivity index (χ1v) is 14.8. The minimum absolute atomic E-state index is 0.0415. The summed E-state index contributed by atoms with van der Waals surface area (Å²) in [7, 11) is 0. The van der Waals surface area contributed by atoms with Crippen LogP contribution in [-0.4, -0.2) is 28.6 Å². The van der Waals surface area contributed by atoms with Gasteiger partial charge >= 0.3 is 0 Å². The van der Waals surface area contributed by atoms with Crippen LogP contribution < -0.4 is 15.2 Å². The van der Waals surface area contributed by atoms with Crippen LogP contribution in [0.5, 0.6) is 0 Å². The van der Waals surface area contributed by atoms with Crippen LogP contribution in [0.25, 0.3) is 11.0 Å². The van der Waals surface area contributed by atoms with Gasteiger partial charge in [0.2, 0.25) is 10.9 Å². The molecular weight excluding hydrogens is 587 g/mol. The molecule has 1 unspecified atom stereocenters. The van der Waals surface area contributed by atoms with Gasteiger partial charge in [-0.1, -0.05) is 71.1 Å². The lowest BCUT2D eigenvalue weighted by Gasteiger charge is -2.31. The lowest BCUT2D eigenvalue weighted by molar-refractivity contribution is -0.121. The van der Waals surface area contributed by atoms with Crippen molar-refractivity contribution in [3.05, 3.63) is 110 Å². The molecule has 2 amide bonds. The number of halogens is 2. The maximum Gasteiger partial charge on any atom is 0.297 e. The van der Waals surface area contributed by atoms with E-state index >= 15 is 0 Å². The number of thioether (sulfide) groups is 1. The highest BCUT2D eigenvalue weighted by Gasteiger charge is 2.66. The SMILES string of the molecule is CCN1C(=O)C2(c3ccccc31)c1c(oc3ccc(F)cc3c1=O)C(=O)N2c1nnc(SCc2ccccc2Cl)s1. The summed E-state index contributed by atoms with van der Waals surface area (Å²) in [6.07, 6.45) is 0. The standard InChI is InChI=1S/C29H18ClFN4O4S2/c1-2-34-20-10-6-4-8-18(20)29(26(34)38)22-23(36)17-13-16(31)11-12-21(17)39-24(22)25(37)35(29)27-32-33-28(41-27)40-14-15-7-3-5-9-19(15)30/h3-13H,2,14H2,1H3. The zero-order valence-electron chi connectivity index (χ0n) is 21.3. The van der Waals surface area contributed by atoms with Crippen LogP contribution in [0.3, 0.4) is 0 Å². The van der Waals surface area contributed by atoms with Crippen molar-refractivity contribution in [2.45, 2.75) is 22.6 Å². The third kappa shape index (κ3) is 3.62. The Morgan fingerprint density at radius 2 is 1.83 bits per heavy atom. The van der Waals surface area contributed by atoms with Crippen molar-refractivity contribution < 1.29 is 18.4 Å². The lowest BCUT2D eigenvalue weighted by atomic mass is 9.84. The zero-order chi connectivity index (χ0) is 28.5. The van der Waals surface area contributed by atoms with E-state index in [2.05, 4.69) is 10.2 Å². The summed E-state index contributed by atoms with van der Waals surface area (Å²) in [6, 6.07) is 17.9. The fourth-order valence-electron chi connectivity index (χ4n) is 5.56. The van der Waals surface area contributed by atoms with Gasteiger partial charge in [0.1, 0.15) is 11.4 Å². The molecule has 2 aliphatic heterocycles. The number of rotatable bonds is 5. The molecule has 1 atom stereocenters. The van der Waals surface area contributed by atoms with Crippen molar-refractivity contribution in [3.63, 3.8) is 0 Å². The Labute approximate surface area is 245 Å². The van der Waals surface area contributed by atoms with Crippen molar-refractivity contribution in [2.24, 2.45) is 0 Å². The molecule has 7 rings (SSSR count). The second-order valence-electron chi connectivity index (χ2n) is 9.42. The van der Waals surface area contributed by atoms with Crippen LogP contribution in [0.1, 0.15) is 34.2 Å². The maximum absolute atomic E-state index is 14.4. The number of para-hydroxylation sites is 1. The fourth-order valence-corrected chi connectivity index (χ4v) is 7.73. The van der Waals surface area contributed by atoms with Gasteiger partial charge in [-0.05, 0) is 42.8 Å². The third-order valence-electron chi connectivity index (χ3n) is 7.30. The highest BCUT2D eigenvalue weighted by atomic mass is 35.5. The Balaban J connectivity index is 1.44. The Hall–Kier alpha value is -4.06. The molecule has 12 heteroatoms. The fraction of sp³-hybridized carbons (Fsp3) is 0.138. The summed E-state index contributed by atoms with van der Waals surface area (Å²) in [5.74, 6) is -1.62. The highest BCUT2D eigenvalue weighted by Crippen LogP contribution is 2.54. The first kappa shape index (κ1) is 25.9. The van der Waals surface area contributed by atoms with E-state index in [9.17, 15) is 18.8 Å². The van der Waals surface area contributed by atoms with Crippen LogP contribution >= 0.6 is 34.7 Å². The van der Waals surface area contributed by atoms with Crippen LogP contribution in [0.2, 0.25) is 5.02 Å². The predicted molar refractivity (Wildman–Crippen MR) is 155 cm³/mol. The molecule has 3 aromatic carbocycles. The van der Waals surface area contributed by atoms with E-state index in [4.69, 9.17) is 16.0 Å². The quantitative estimate of drug-likeness (QED) is 0.179. The van der Waals surface area contributed by atoms with Crippen molar-refractivity contribution in [3.8, 4) is 0 Å². The normalized spacial score (nSPS) is 17.6. The Morgan fingerprint density at radius 3 is 2.63 bits per heavy atom. The number of nitrogens with zero attached hydrogens (tertiary/aromatic N) is 4. The molecule has 0 saturated carbocycles. The van der Waals surface area contributed by atoms with E-state index in [1.165, 1.54) is 27.6 Å². The van der Waals surface area contributed by atoms with Crippen molar-refractivity contribution in [1.29, 1.82) is 0 Å². The molecule has 204 valence electrons. The van der Waals surface area contributed by atoms with Crippen LogP contribution in [-0.2, 0) is 16.1 Å². The van der Waals surface area contributed by atoms with Gasteiger partial charge in [0, 0.05) is 22.9 Å². The molecule has 0 N–H and O–H groups in total. The average molecular weight is 605 g/mol. The molecule has 41 heavy (non-hydrogen) atoms. The zero-order valence-corrected chi connectivity index (χ0v) is 23.6. The monoisotopic (exact) mass is 604 g/mol. The van der Waals surface area contributed by atoms with Crippen molar-refractivity contribution in [1.82, 2.24) is 10.2 Å². The maximum atomic E-state index is 14.4. The summed E-state index contributed by atoms with van der Waals surface area (Å²) < 4.78 is 20.7. The molecule has 0 fully saturated rings. The van der Waals surface area contributed by atoms with Crippen LogP contribution in [0.15, 0.2) is 80.3 Å². The number of benzene rings is 3. The van der Waals surface area contributed by atoms with Crippen LogP contribution in [0, 0.1) is 5.82 Å². The molecule has 2 aliphatic rings. The van der Waals surface area contributed by atoms with Crippen molar-refractivity contribution in [2.75, 3.05) is 16.3 Å². The first-order valence-electron chi connectivity index (χ1n) is 12.6. The third-order valence-corrected chi connectivity index (χ3v) is 9.76. The number of amides is 2. The molecular formula is C29H18ClFN4O4S2. The van der Waals surface area contributed by atoms with E-state index in [0.29, 0.717) is 26.4 Å². The summed E-state index contributed by atoms with van der Waals surface area (Å²) in [4.78, 5) is 45.4. The van der Waals surface area contributed by atoms with E-state index in [1.807, 2.05) is 25.1 Å². The number of aromatic nitrogens is 2. The van der Waals surface area contributed by atoms with E-state index in [-0.39, 0.29) is 34.0 Å². The first-order chi connectivity index (χ1) is 19.9. The van der Waals surface area contributed by atoms with Gasteiger partial charge in [0.25, 0.3) is 11.8 Å². The number of hydrogen-bond acceptors (Lipinski definition) is 8. The molecule has 0 saturated heterocycles. The molecule has 1 spiro atoms. The molecule has 0 bridgehead atoms. The molecule has 0 aliphatic carbocycles. The number of hydrogen-bond donors (Lipinski definition) is 0.